The topological polar surface area (TPSA) is 80.5 Å². The monoisotopic (exact) mass is 364 g/mol. The lowest BCUT2D eigenvalue weighted by Gasteiger charge is -2.23. The lowest BCUT2D eigenvalue weighted by atomic mass is 10.2. The Bertz CT molecular complexity index is 715. The van der Waals surface area contributed by atoms with Gasteiger partial charge in [0.25, 0.3) is 0 Å². The molecule has 1 fully saturated rings. The van der Waals surface area contributed by atoms with E-state index >= 15 is 0 Å². The average molecular weight is 365 g/mol. The van der Waals surface area contributed by atoms with Gasteiger partial charge in [0, 0.05) is 25.3 Å². The molecule has 8 heteroatoms. The summed E-state index contributed by atoms with van der Waals surface area (Å²) in [5.41, 5.74) is 0.694. The van der Waals surface area contributed by atoms with Gasteiger partial charge in [-0.15, -0.1) is 0 Å². The number of nitrogens with zero attached hydrogens (tertiary/aromatic N) is 3. The number of benzene rings is 1. The van der Waals surface area contributed by atoms with Crippen LogP contribution in [-0.2, 0) is 11.3 Å². The fraction of sp³-hybridized carbons (Fsp3) is 0.471. The van der Waals surface area contributed by atoms with E-state index in [4.69, 9.17) is 20.9 Å². The highest BCUT2D eigenvalue weighted by Gasteiger charge is 2.22. The van der Waals surface area contributed by atoms with E-state index in [1.165, 1.54) is 0 Å². The van der Waals surface area contributed by atoms with Crippen molar-refractivity contribution in [1.29, 1.82) is 0 Å². The lowest BCUT2D eigenvalue weighted by Crippen LogP contribution is -2.43. The molecule has 1 N–H and O–H groups in total. The van der Waals surface area contributed by atoms with E-state index in [0.29, 0.717) is 35.4 Å². The van der Waals surface area contributed by atoms with Crippen LogP contribution >= 0.6 is 11.6 Å². The maximum Gasteiger partial charge on any atom is 0.317 e. The van der Waals surface area contributed by atoms with E-state index in [0.717, 1.165) is 19.4 Å². The molecule has 3 rings (SSSR count). The molecule has 1 saturated heterocycles. The van der Waals surface area contributed by atoms with Crippen molar-refractivity contribution in [1.82, 2.24) is 20.4 Å². The second kappa shape index (κ2) is 8.31. The zero-order valence-electron chi connectivity index (χ0n) is 14.1. The number of rotatable bonds is 6. The molecule has 1 aromatic carbocycles. The average Bonchev–Trinajstić information content (AvgIpc) is 3.30. The molecule has 7 nitrogen and oxygen atoms in total. The first-order chi connectivity index (χ1) is 12.2. The standard InChI is InChI=1S/C17H21ClN4O3/c1-2-22(11-12-6-5-9-24-12)17(23)19-10-15-20-16(21-25-15)13-7-3-4-8-14(13)18/h3-4,7-8,12H,2,5-6,9-11H2,1H3,(H,19,23). The predicted octanol–water partition coefficient (Wildman–Crippen LogP) is 3.10. The SMILES string of the molecule is CCN(CC1CCCO1)C(=O)NCc1nc(-c2ccccc2Cl)no1. The molecular formula is C17H21ClN4O3. The maximum atomic E-state index is 12.3. The van der Waals surface area contributed by atoms with Crippen LogP contribution in [0.25, 0.3) is 11.4 Å². The Labute approximate surface area is 151 Å². The number of nitrogens with one attached hydrogen (secondary N) is 1. The summed E-state index contributed by atoms with van der Waals surface area (Å²) in [5, 5.41) is 7.27. The fourth-order valence-electron chi connectivity index (χ4n) is 2.73. The van der Waals surface area contributed by atoms with Crippen LogP contribution in [0.2, 0.25) is 5.02 Å². The first kappa shape index (κ1) is 17.7. The molecule has 2 amide bonds. The van der Waals surface area contributed by atoms with Crippen LogP contribution in [0.4, 0.5) is 4.79 Å². The molecule has 0 radical (unpaired) electrons. The number of ether oxygens (including phenoxy) is 1. The third-order valence-corrected chi connectivity index (χ3v) is 4.42. The van der Waals surface area contributed by atoms with Gasteiger partial charge >= 0.3 is 6.03 Å². The summed E-state index contributed by atoms with van der Waals surface area (Å²) in [6, 6.07) is 7.09. The number of urea groups is 1. The van der Waals surface area contributed by atoms with Gasteiger partial charge in [-0.1, -0.05) is 28.9 Å². The Kier molecular flexibility index (Phi) is 5.88. The predicted molar refractivity (Wildman–Crippen MR) is 93.2 cm³/mol. The Morgan fingerprint density at radius 3 is 3.00 bits per heavy atom. The number of carbonyl (C=O) groups excluding carboxylic acids is 1. The van der Waals surface area contributed by atoms with Gasteiger partial charge in [-0.25, -0.2) is 4.79 Å². The Morgan fingerprint density at radius 1 is 1.44 bits per heavy atom. The molecule has 1 aliphatic rings. The molecule has 1 aromatic heterocycles. The van der Waals surface area contributed by atoms with Gasteiger partial charge in [0.05, 0.1) is 17.7 Å². The second-order valence-electron chi connectivity index (χ2n) is 5.82. The minimum absolute atomic E-state index is 0.126. The summed E-state index contributed by atoms with van der Waals surface area (Å²) >= 11 is 6.13. The van der Waals surface area contributed by atoms with Crippen LogP contribution in [-0.4, -0.2) is 46.9 Å². The van der Waals surface area contributed by atoms with Gasteiger partial charge in [0.1, 0.15) is 0 Å². The quantitative estimate of drug-likeness (QED) is 0.851. The van der Waals surface area contributed by atoms with Gasteiger partial charge in [-0.05, 0) is 31.9 Å². The number of halogens is 1. The highest BCUT2D eigenvalue weighted by atomic mass is 35.5. The molecule has 1 unspecified atom stereocenters. The number of aromatic nitrogens is 2. The minimum Gasteiger partial charge on any atom is -0.376 e. The van der Waals surface area contributed by atoms with E-state index < -0.39 is 0 Å². The number of likely N-dealkylation sites (N-methyl/N-ethyl adjacent to an activating group) is 1. The number of hydrogen-bond acceptors (Lipinski definition) is 5. The van der Waals surface area contributed by atoms with Gasteiger partial charge in [-0.2, -0.15) is 4.98 Å². The Hall–Kier alpha value is -2.12. The van der Waals surface area contributed by atoms with Crippen LogP contribution in [0, 0.1) is 0 Å². The summed E-state index contributed by atoms with van der Waals surface area (Å²) in [6.07, 6.45) is 2.17. The normalized spacial score (nSPS) is 16.8. The molecule has 0 saturated carbocycles. The molecule has 1 atom stereocenters. The molecule has 2 aromatic rings. The fourth-order valence-corrected chi connectivity index (χ4v) is 2.95. The summed E-state index contributed by atoms with van der Waals surface area (Å²) < 4.78 is 10.8. The van der Waals surface area contributed by atoms with E-state index in [1.54, 1.807) is 11.0 Å². The highest BCUT2D eigenvalue weighted by molar-refractivity contribution is 6.33. The van der Waals surface area contributed by atoms with Crippen LogP contribution in [0.5, 0.6) is 0 Å². The largest absolute Gasteiger partial charge is 0.376 e. The minimum atomic E-state index is -0.171. The molecular weight excluding hydrogens is 344 g/mol. The van der Waals surface area contributed by atoms with Crippen LogP contribution in [0.3, 0.4) is 0 Å². The van der Waals surface area contributed by atoms with Crippen molar-refractivity contribution >= 4 is 17.6 Å². The Morgan fingerprint density at radius 2 is 2.28 bits per heavy atom. The maximum absolute atomic E-state index is 12.3. The number of amides is 2. The summed E-state index contributed by atoms with van der Waals surface area (Å²) in [5.74, 6) is 0.734. The van der Waals surface area contributed by atoms with Gasteiger partial charge in [0.2, 0.25) is 11.7 Å². The smallest absolute Gasteiger partial charge is 0.317 e. The third-order valence-electron chi connectivity index (χ3n) is 4.09. The van der Waals surface area contributed by atoms with Crippen molar-refractivity contribution in [3.05, 3.63) is 35.2 Å². The van der Waals surface area contributed by atoms with Gasteiger partial charge < -0.3 is 19.5 Å². The number of carbonyl (C=O) groups is 1. The lowest BCUT2D eigenvalue weighted by molar-refractivity contribution is 0.0824. The van der Waals surface area contributed by atoms with E-state index in [-0.39, 0.29) is 18.7 Å². The molecule has 1 aliphatic heterocycles. The molecule has 0 bridgehead atoms. The van der Waals surface area contributed by atoms with Crippen molar-refractivity contribution < 1.29 is 14.1 Å². The molecule has 2 heterocycles. The van der Waals surface area contributed by atoms with Crippen molar-refractivity contribution in [2.24, 2.45) is 0 Å². The van der Waals surface area contributed by atoms with Crippen molar-refractivity contribution in [3.63, 3.8) is 0 Å². The first-order valence-electron chi connectivity index (χ1n) is 8.39. The van der Waals surface area contributed by atoms with Crippen LogP contribution < -0.4 is 5.32 Å². The van der Waals surface area contributed by atoms with E-state index in [1.807, 2.05) is 25.1 Å². The van der Waals surface area contributed by atoms with Gasteiger partial charge in [-0.3, -0.25) is 0 Å². The summed E-state index contributed by atoms with van der Waals surface area (Å²) in [7, 11) is 0. The zero-order valence-corrected chi connectivity index (χ0v) is 14.8. The molecule has 25 heavy (non-hydrogen) atoms. The van der Waals surface area contributed by atoms with Gasteiger partial charge in [0.15, 0.2) is 0 Å². The highest BCUT2D eigenvalue weighted by Crippen LogP contribution is 2.24. The molecule has 0 aliphatic carbocycles. The second-order valence-corrected chi connectivity index (χ2v) is 6.23. The van der Waals surface area contributed by atoms with E-state index in [2.05, 4.69) is 15.5 Å². The van der Waals surface area contributed by atoms with E-state index in [9.17, 15) is 4.79 Å². The van der Waals surface area contributed by atoms with Crippen molar-refractivity contribution in [3.8, 4) is 11.4 Å². The number of hydrogen-bond donors (Lipinski definition) is 1. The third kappa shape index (κ3) is 4.49. The Balaban J connectivity index is 1.56. The zero-order chi connectivity index (χ0) is 17.6. The summed E-state index contributed by atoms with van der Waals surface area (Å²) in [6.45, 7) is 4.09. The molecule has 0 spiro atoms. The van der Waals surface area contributed by atoms with Crippen molar-refractivity contribution in [2.75, 3.05) is 19.7 Å². The summed E-state index contributed by atoms with van der Waals surface area (Å²) in [4.78, 5) is 18.3. The van der Waals surface area contributed by atoms with Crippen LogP contribution in [0.1, 0.15) is 25.7 Å². The first-order valence-corrected chi connectivity index (χ1v) is 8.77. The van der Waals surface area contributed by atoms with Crippen molar-refractivity contribution in [2.45, 2.75) is 32.4 Å². The van der Waals surface area contributed by atoms with Crippen LogP contribution in [0.15, 0.2) is 28.8 Å². The molecule has 134 valence electrons.